The average Bonchev–Trinajstić information content (AvgIpc) is 3.16. The lowest BCUT2D eigenvalue weighted by Gasteiger charge is -2.36. The van der Waals surface area contributed by atoms with Crippen LogP contribution in [0.3, 0.4) is 0 Å². The highest BCUT2D eigenvalue weighted by atomic mass is 14.5. The molecular formula is C24H48. The molecule has 0 heterocycles. The van der Waals surface area contributed by atoms with Crippen molar-refractivity contribution in [1.82, 2.24) is 0 Å². The monoisotopic (exact) mass is 336 g/mol. The van der Waals surface area contributed by atoms with E-state index in [0.717, 1.165) is 35.5 Å². The van der Waals surface area contributed by atoms with Gasteiger partial charge in [0.15, 0.2) is 0 Å². The maximum absolute atomic E-state index is 2.53. The fraction of sp³-hybridized carbons (Fsp3) is 1.00. The summed E-state index contributed by atoms with van der Waals surface area (Å²) >= 11 is 0. The van der Waals surface area contributed by atoms with Gasteiger partial charge in [0.1, 0.15) is 0 Å². The molecule has 0 N–H and O–H groups in total. The quantitative estimate of drug-likeness (QED) is 0.317. The summed E-state index contributed by atoms with van der Waals surface area (Å²) in [4.78, 5) is 0. The molecule has 1 aliphatic rings. The van der Waals surface area contributed by atoms with Crippen molar-refractivity contribution in [3.05, 3.63) is 0 Å². The number of rotatable bonds is 13. The first kappa shape index (κ1) is 22.0. The molecular weight excluding hydrogens is 288 g/mol. The maximum atomic E-state index is 2.53. The summed E-state index contributed by atoms with van der Waals surface area (Å²) in [7, 11) is 0. The summed E-state index contributed by atoms with van der Waals surface area (Å²) in [5, 5.41) is 0. The molecule has 1 rings (SSSR count). The third-order valence-corrected chi connectivity index (χ3v) is 7.39. The predicted molar refractivity (Wildman–Crippen MR) is 110 cm³/mol. The van der Waals surface area contributed by atoms with Crippen LogP contribution < -0.4 is 0 Å². The first-order chi connectivity index (χ1) is 11.3. The molecule has 1 saturated carbocycles. The largest absolute Gasteiger partial charge is 0.0654 e. The zero-order valence-corrected chi connectivity index (χ0v) is 18.3. The van der Waals surface area contributed by atoms with Crippen molar-refractivity contribution in [3.63, 3.8) is 0 Å². The first-order valence-electron chi connectivity index (χ1n) is 11.3. The van der Waals surface area contributed by atoms with Crippen LogP contribution in [0.4, 0.5) is 0 Å². The van der Waals surface area contributed by atoms with Gasteiger partial charge in [-0.1, -0.05) is 100 Å². The predicted octanol–water partition coefficient (Wildman–Crippen LogP) is 8.35. The van der Waals surface area contributed by atoms with E-state index in [4.69, 9.17) is 0 Å². The minimum absolute atomic E-state index is 0.608. The van der Waals surface area contributed by atoms with E-state index < -0.39 is 0 Å². The molecule has 0 bridgehead atoms. The minimum atomic E-state index is 0.608. The zero-order valence-electron chi connectivity index (χ0n) is 18.3. The van der Waals surface area contributed by atoms with E-state index in [1.807, 2.05) is 0 Å². The SMILES string of the molecule is CCCC1C(C)C1C(C)CCCC(C)CC(CC)(CC)CC(C)C. The Bertz CT molecular complexity index is 325. The zero-order chi connectivity index (χ0) is 18.3. The highest BCUT2D eigenvalue weighted by Gasteiger charge is 2.47. The van der Waals surface area contributed by atoms with Crippen LogP contribution in [-0.2, 0) is 0 Å². The van der Waals surface area contributed by atoms with E-state index in [1.165, 1.54) is 57.8 Å². The Labute approximate surface area is 154 Å². The molecule has 0 aromatic carbocycles. The van der Waals surface area contributed by atoms with Crippen molar-refractivity contribution in [3.8, 4) is 0 Å². The smallest absolute Gasteiger partial charge is 0.0298 e. The van der Waals surface area contributed by atoms with Crippen LogP contribution >= 0.6 is 0 Å². The van der Waals surface area contributed by atoms with Crippen LogP contribution in [0.1, 0.15) is 113 Å². The van der Waals surface area contributed by atoms with Gasteiger partial charge in [-0.15, -0.1) is 0 Å². The highest BCUT2D eigenvalue weighted by molar-refractivity contribution is 4.96. The van der Waals surface area contributed by atoms with Crippen molar-refractivity contribution < 1.29 is 0 Å². The summed E-state index contributed by atoms with van der Waals surface area (Å²) in [6, 6.07) is 0. The Morgan fingerprint density at radius 1 is 0.875 bits per heavy atom. The van der Waals surface area contributed by atoms with E-state index in [9.17, 15) is 0 Å². The van der Waals surface area contributed by atoms with Gasteiger partial charge < -0.3 is 0 Å². The van der Waals surface area contributed by atoms with Crippen molar-refractivity contribution in [2.45, 2.75) is 113 Å². The van der Waals surface area contributed by atoms with Gasteiger partial charge in [0, 0.05) is 0 Å². The molecule has 1 aliphatic carbocycles. The summed E-state index contributed by atoms with van der Waals surface area (Å²) in [6.07, 6.45) is 12.8. The molecule has 5 atom stereocenters. The summed E-state index contributed by atoms with van der Waals surface area (Å²) in [5.41, 5.74) is 0.608. The number of hydrogen-bond donors (Lipinski definition) is 0. The molecule has 1 fully saturated rings. The van der Waals surface area contributed by atoms with Gasteiger partial charge in [0.25, 0.3) is 0 Å². The molecule has 24 heavy (non-hydrogen) atoms. The van der Waals surface area contributed by atoms with Crippen molar-refractivity contribution in [2.75, 3.05) is 0 Å². The topological polar surface area (TPSA) is 0 Å². The van der Waals surface area contributed by atoms with Gasteiger partial charge in [-0.3, -0.25) is 0 Å². The number of hydrogen-bond acceptors (Lipinski definition) is 0. The fourth-order valence-corrected chi connectivity index (χ4v) is 5.91. The molecule has 0 aliphatic heterocycles. The second kappa shape index (κ2) is 10.2. The molecule has 0 spiro atoms. The Morgan fingerprint density at radius 2 is 1.50 bits per heavy atom. The molecule has 0 aromatic rings. The van der Waals surface area contributed by atoms with E-state index >= 15 is 0 Å². The van der Waals surface area contributed by atoms with Crippen LogP contribution in [0.25, 0.3) is 0 Å². The highest BCUT2D eigenvalue weighted by Crippen LogP contribution is 2.54. The van der Waals surface area contributed by atoms with Crippen LogP contribution in [0.15, 0.2) is 0 Å². The van der Waals surface area contributed by atoms with Crippen molar-refractivity contribution in [1.29, 1.82) is 0 Å². The molecule has 0 aromatic heterocycles. The Balaban J connectivity index is 2.33. The van der Waals surface area contributed by atoms with Gasteiger partial charge >= 0.3 is 0 Å². The molecule has 0 saturated heterocycles. The minimum Gasteiger partial charge on any atom is -0.0654 e. The van der Waals surface area contributed by atoms with Gasteiger partial charge in [-0.25, -0.2) is 0 Å². The summed E-state index contributed by atoms with van der Waals surface area (Å²) in [6.45, 7) is 19.5. The summed E-state index contributed by atoms with van der Waals surface area (Å²) < 4.78 is 0. The van der Waals surface area contributed by atoms with Gasteiger partial charge in [0.05, 0.1) is 0 Å². The van der Waals surface area contributed by atoms with Crippen molar-refractivity contribution >= 4 is 0 Å². The van der Waals surface area contributed by atoms with E-state index in [0.29, 0.717) is 5.41 Å². The molecule has 0 amide bonds. The van der Waals surface area contributed by atoms with Gasteiger partial charge in [0.2, 0.25) is 0 Å². The Morgan fingerprint density at radius 3 is 2.00 bits per heavy atom. The molecule has 0 radical (unpaired) electrons. The Kier molecular flexibility index (Phi) is 9.39. The third kappa shape index (κ3) is 6.38. The third-order valence-electron chi connectivity index (χ3n) is 7.39. The second-order valence-corrected chi connectivity index (χ2v) is 9.91. The molecule has 5 unspecified atom stereocenters. The average molecular weight is 337 g/mol. The Hall–Kier alpha value is 0. The van der Waals surface area contributed by atoms with E-state index in [1.54, 1.807) is 0 Å². The summed E-state index contributed by atoms with van der Waals surface area (Å²) in [5.74, 6) is 5.81. The van der Waals surface area contributed by atoms with Gasteiger partial charge in [-0.05, 0) is 53.8 Å². The maximum Gasteiger partial charge on any atom is -0.0298 e. The lowest BCUT2D eigenvalue weighted by atomic mass is 9.69. The van der Waals surface area contributed by atoms with Gasteiger partial charge in [-0.2, -0.15) is 0 Å². The van der Waals surface area contributed by atoms with Crippen molar-refractivity contribution in [2.24, 2.45) is 40.9 Å². The van der Waals surface area contributed by atoms with Crippen LogP contribution in [0, 0.1) is 40.9 Å². The van der Waals surface area contributed by atoms with Crippen LogP contribution in [0.5, 0.6) is 0 Å². The normalized spacial score (nSPS) is 26.6. The second-order valence-electron chi connectivity index (χ2n) is 9.91. The lowest BCUT2D eigenvalue weighted by Crippen LogP contribution is -2.24. The van der Waals surface area contributed by atoms with Crippen LogP contribution in [-0.4, -0.2) is 0 Å². The molecule has 144 valence electrons. The fourth-order valence-electron chi connectivity index (χ4n) is 5.91. The van der Waals surface area contributed by atoms with E-state index in [-0.39, 0.29) is 0 Å². The van der Waals surface area contributed by atoms with Crippen LogP contribution in [0.2, 0.25) is 0 Å². The molecule has 0 heteroatoms. The van der Waals surface area contributed by atoms with E-state index in [2.05, 4.69) is 55.4 Å². The standard InChI is InChI=1S/C24H48/c1-9-13-22-21(8)23(22)20(7)15-12-14-19(6)17-24(10-2,11-3)16-18(4)5/h18-23H,9-17H2,1-8H3. The molecule has 0 nitrogen and oxygen atoms in total. The lowest BCUT2D eigenvalue weighted by molar-refractivity contribution is 0.154. The first-order valence-corrected chi connectivity index (χ1v) is 11.3.